The normalized spacial score (nSPS) is 17.0. The highest BCUT2D eigenvalue weighted by Crippen LogP contribution is 2.42. The van der Waals surface area contributed by atoms with E-state index in [1.54, 1.807) is 10.9 Å². The summed E-state index contributed by atoms with van der Waals surface area (Å²) in [5.74, 6) is 0.571. The zero-order chi connectivity index (χ0) is 22.6. The lowest BCUT2D eigenvalue weighted by atomic mass is 10.1. The first kappa shape index (κ1) is 20.6. The molecule has 0 radical (unpaired) electrons. The van der Waals surface area contributed by atoms with Gasteiger partial charge < -0.3 is 9.88 Å². The van der Waals surface area contributed by atoms with Crippen LogP contribution in [-0.4, -0.2) is 26.3 Å². The first-order valence-corrected chi connectivity index (χ1v) is 10.4. The van der Waals surface area contributed by atoms with Crippen LogP contribution in [-0.2, 0) is 6.18 Å². The molecule has 0 spiro atoms. The summed E-state index contributed by atoms with van der Waals surface area (Å²) in [4.78, 5) is 9.85. The zero-order valence-electron chi connectivity index (χ0n) is 17.1. The summed E-state index contributed by atoms with van der Waals surface area (Å²) in [6.45, 7) is 6.78. The molecule has 164 valence electrons. The Hall–Kier alpha value is -3.26. The number of hydrogen-bond donors (Lipinski definition) is 1. The first-order chi connectivity index (χ1) is 15.2. The molecular formula is C23H19ClF3N5. The molecule has 0 saturated carbocycles. The molecule has 0 unspecified atom stereocenters. The van der Waals surface area contributed by atoms with Crippen molar-refractivity contribution < 1.29 is 13.2 Å². The number of benzene rings is 2. The summed E-state index contributed by atoms with van der Waals surface area (Å²) in [7, 11) is 0. The van der Waals surface area contributed by atoms with E-state index in [9.17, 15) is 13.2 Å². The molecule has 1 saturated heterocycles. The van der Waals surface area contributed by atoms with Gasteiger partial charge in [0.1, 0.15) is 5.82 Å². The Bertz CT molecular complexity index is 1320. The van der Waals surface area contributed by atoms with Gasteiger partial charge in [-0.3, -0.25) is 0 Å². The number of halogens is 4. The number of rotatable bonds is 3. The van der Waals surface area contributed by atoms with Crippen molar-refractivity contribution in [2.45, 2.75) is 25.6 Å². The van der Waals surface area contributed by atoms with E-state index in [1.807, 2.05) is 31.3 Å². The highest BCUT2D eigenvalue weighted by molar-refractivity contribution is 6.32. The van der Waals surface area contributed by atoms with Crippen LogP contribution in [0.1, 0.15) is 29.4 Å². The molecule has 5 rings (SSSR count). The van der Waals surface area contributed by atoms with Gasteiger partial charge in [0.05, 0.1) is 39.0 Å². The summed E-state index contributed by atoms with van der Waals surface area (Å²) >= 11 is 5.89. The molecule has 1 aliphatic rings. The summed E-state index contributed by atoms with van der Waals surface area (Å²) in [5, 5.41) is 4.00. The molecule has 2 aromatic carbocycles. The van der Waals surface area contributed by atoms with Crippen LogP contribution in [0.25, 0.3) is 16.7 Å². The Morgan fingerprint density at radius 3 is 2.72 bits per heavy atom. The van der Waals surface area contributed by atoms with Crippen molar-refractivity contribution in [1.29, 1.82) is 0 Å². The van der Waals surface area contributed by atoms with Crippen molar-refractivity contribution >= 4 is 28.3 Å². The number of nitrogens with zero attached hydrogens (tertiary/aromatic N) is 4. The quantitative estimate of drug-likeness (QED) is 0.371. The molecule has 32 heavy (non-hydrogen) atoms. The van der Waals surface area contributed by atoms with Crippen molar-refractivity contribution in [3.05, 3.63) is 82.9 Å². The topological polar surface area (TPSA) is 49.7 Å². The van der Waals surface area contributed by atoms with Gasteiger partial charge in [0.15, 0.2) is 0 Å². The molecule has 0 bridgehead atoms. The number of aromatic nitrogens is 4. The number of fused-ring (bicyclic) bond motifs is 1. The molecule has 3 heterocycles. The molecule has 1 fully saturated rings. The number of alkyl halides is 3. The van der Waals surface area contributed by atoms with Gasteiger partial charge in [0, 0.05) is 18.9 Å². The van der Waals surface area contributed by atoms with Crippen LogP contribution in [0.3, 0.4) is 0 Å². The maximum absolute atomic E-state index is 13.3. The van der Waals surface area contributed by atoms with Gasteiger partial charge in [0.25, 0.3) is 0 Å². The van der Waals surface area contributed by atoms with Crippen LogP contribution in [0.15, 0.2) is 60.9 Å². The van der Waals surface area contributed by atoms with Gasteiger partial charge in [-0.15, -0.1) is 0 Å². The van der Waals surface area contributed by atoms with Crippen molar-refractivity contribution in [1.82, 2.24) is 19.7 Å². The van der Waals surface area contributed by atoms with Gasteiger partial charge in [0.2, 0.25) is 0 Å². The molecule has 5 nitrogen and oxygen atoms in total. The molecule has 1 atom stereocenters. The Labute approximate surface area is 187 Å². The van der Waals surface area contributed by atoms with E-state index in [2.05, 4.69) is 32.6 Å². The Morgan fingerprint density at radius 2 is 2.00 bits per heavy atom. The number of aromatic amines is 1. The number of nitrogens with one attached hydrogen (secondary N) is 1. The van der Waals surface area contributed by atoms with Crippen molar-refractivity contribution in [3.8, 4) is 5.69 Å². The second-order valence-corrected chi connectivity index (χ2v) is 8.42. The van der Waals surface area contributed by atoms with E-state index in [-0.39, 0.29) is 11.1 Å². The second-order valence-electron chi connectivity index (χ2n) is 8.01. The van der Waals surface area contributed by atoms with Gasteiger partial charge in [-0.2, -0.15) is 18.3 Å². The lowest BCUT2D eigenvalue weighted by Crippen LogP contribution is -2.25. The lowest BCUT2D eigenvalue weighted by molar-refractivity contribution is -0.137. The highest BCUT2D eigenvalue weighted by atomic mass is 35.5. The van der Waals surface area contributed by atoms with Crippen LogP contribution < -0.4 is 4.90 Å². The Kier molecular flexibility index (Phi) is 4.78. The fourth-order valence-electron chi connectivity index (χ4n) is 4.19. The number of H-pyrrole nitrogens is 1. The van der Waals surface area contributed by atoms with Gasteiger partial charge in [-0.1, -0.05) is 29.8 Å². The Morgan fingerprint density at radius 1 is 1.19 bits per heavy atom. The Balaban J connectivity index is 1.61. The van der Waals surface area contributed by atoms with E-state index in [0.717, 1.165) is 28.6 Å². The average Bonchev–Trinajstić information content (AvgIpc) is 3.45. The average molecular weight is 458 g/mol. The van der Waals surface area contributed by atoms with E-state index in [4.69, 9.17) is 11.6 Å². The van der Waals surface area contributed by atoms with Crippen LogP contribution >= 0.6 is 11.6 Å². The lowest BCUT2D eigenvalue weighted by Gasteiger charge is -2.27. The monoisotopic (exact) mass is 457 g/mol. The van der Waals surface area contributed by atoms with E-state index in [1.165, 1.54) is 6.07 Å². The number of anilines is 1. The van der Waals surface area contributed by atoms with Crippen molar-refractivity contribution in [3.63, 3.8) is 0 Å². The van der Waals surface area contributed by atoms with E-state index in [0.29, 0.717) is 29.8 Å². The molecule has 0 amide bonds. The minimum absolute atomic E-state index is 0.209. The third kappa shape index (κ3) is 3.54. The summed E-state index contributed by atoms with van der Waals surface area (Å²) in [6.07, 6.45) is -0.322. The number of aryl methyl sites for hydroxylation is 1. The largest absolute Gasteiger partial charge is 0.417 e. The molecule has 1 N–H and O–H groups in total. The molecule has 4 aromatic rings. The molecule has 9 heteroatoms. The minimum Gasteiger partial charge on any atom is -0.355 e. The third-order valence-electron chi connectivity index (χ3n) is 5.65. The van der Waals surface area contributed by atoms with Gasteiger partial charge in [-0.05, 0) is 49.2 Å². The number of imidazole rings is 1. The predicted molar refractivity (Wildman–Crippen MR) is 118 cm³/mol. The fourth-order valence-corrected chi connectivity index (χ4v) is 4.46. The van der Waals surface area contributed by atoms with Crippen LogP contribution in [0, 0.1) is 6.92 Å². The molecule has 2 aromatic heterocycles. The zero-order valence-corrected chi connectivity index (χ0v) is 17.9. The molecular weight excluding hydrogens is 439 g/mol. The fraction of sp³-hybridized carbons (Fsp3) is 0.217. The molecule has 1 aliphatic heterocycles. The third-order valence-corrected chi connectivity index (χ3v) is 5.97. The van der Waals surface area contributed by atoms with Crippen molar-refractivity contribution in [2.24, 2.45) is 0 Å². The van der Waals surface area contributed by atoms with Gasteiger partial charge >= 0.3 is 6.18 Å². The predicted octanol–water partition coefficient (Wildman–Crippen LogP) is 6.24. The maximum atomic E-state index is 13.3. The van der Waals surface area contributed by atoms with Crippen LogP contribution in [0.2, 0.25) is 5.02 Å². The van der Waals surface area contributed by atoms with E-state index >= 15 is 0 Å². The summed E-state index contributed by atoms with van der Waals surface area (Å²) in [6, 6.07) is 10.0. The van der Waals surface area contributed by atoms with Crippen LogP contribution in [0.4, 0.5) is 18.9 Å². The second kappa shape index (κ2) is 7.41. The smallest absolute Gasteiger partial charge is 0.355 e. The first-order valence-electron chi connectivity index (χ1n) is 10.0. The van der Waals surface area contributed by atoms with Gasteiger partial charge in [-0.25, -0.2) is 9.67 Å². The number of hydrogen-bond acceptors (Lipinski definition) is 3. The highest BCUT2D eigenvalue weighted by Gasteiger charge is 2.35. The summed E-state index contributed by atoms with van der Waals surface area (Å²) in [5.41, 5.74) is 3.76. The summed E-state index contributed by atoms with van der Waals surface area (Å²) < 4.78 is 41.7. The van der Waals surface area contributed by atoms with E-state index < -0.39 is 11.7 Å². The minimum atomic E-state index is -4.54. The van der Waals surface area contributed by atoms with Crippen molar-refractivity contribution in [2.75, 3.05) is 11.4 Å². The maximum Gasteiger partial charge on any atom is 0.417 e. The van der Waals surface area contributed by atoms with Crippen LogP contribution in [0.5, 0.6) is 0 Å². The standard InChI is InChI=1S/C23H19ClF3N5/c1-13-4-5-19(32-7-3-6-28-32)20(8-13)31-12-14(2)9-21(31)22-29-17-10-15(23(25,26)27)16(24)11-18(17)30-22/h3-8,10-11,21H,2,9,12H2,1H3,(H,29,30)/t21-/m0/s1. The SMILES string of the molecule is C=C1C[C@@H](c2nc3cc(Cl)c(C(F)(F)F)cc3[nH]2)N(c2cc(C)ccc2-n2cccn2)C1. The molecule has 0 aliphatic carbocycles.